The summed E-state index contributed by atoms with van der Waals surface area (Å²) in [6, 6.07) is 12.7. The highest BCUT2D eigenvalue weighted by Gasteiger charge is 2.23. The van der Waals surface area contributed by atoms with E-state index < -0.39 is 12.2 Å². The van der Waals surface area contributed by atoms with E-state index in [4.69, 9.17) is 23.7 Å². The molecule has 40 heavy (non-hydrogen) atoms. The van der Waals surface area contributed by atoms with Crippen LogP contribution in [-0.4, -0.2) is 37.4 Å². The lowest BCUT2D eigenvalue weighted by molar-refractivity contribution is -0.152. The average Bonchev–Trinajstić information content (AvgIpc) is 2.94. The highest BCUT2D eigenvalue weighted by Crippen LogP contribution is 2.30. The van der Waals surface area contributed by atoms with Gasteiger partial charge in [0.2, 0.25) is 0 Å². The molecule has 0 heterocycles. The maximum Gasteiger partial charge on any atom is 0.347 e. The van der Waals surface area contributed by atoms with Gasteiger partial charge in [-0.25, -0.2) is 9.59 Å². The number of rotatable bonds is 20. The van der Waals surface area contributed by atoms with Crippen LogP contribution in [0.4, 0.5) is 0 Å². The van der Waals surface area contributed by atoms with Crippen molar-refractivity contribution < 1.29 is 33.3 Å². The lowest BCUT2D eigenvalue weighted by Gasteiger charge is -2.19. The van der Waals surface area contributed by atoms with Gasteiger partial charge in [0.05, 0.1) is 13.2 Å². The van der Waals surface area contributed by atoms with Crippen LogP contribution in [0.2, 0.25) is 0 Å². The number of esters is 2. The molecule has 0 aliphatic heterocycles. The quantitative estimate of drug-likeness (QED) is 0.120. The Morgan fingerprint density at radius 1 is 0.625 bits per heavy atom. The number of carbonyl (C=O) groups is 2. The Labute approximate surface area is 240 Å². The van der Waals surface area contributed by atoms with Gasteiger partial charge in [-0.15, -0.1) is 0 Å². The molecule has 7 nitrogen and oxygen atoms in total. The van der Waals surface area contributed by atoms with Crippen LogP contribution in [0.3, 0.4) is 0 Å². The van der Waals surface area contributed by atoms with Crippen molar-refractivity contribution in [3.8, 4) is 23.0 Å². The van der Waals surface area contributed by atoms with E-state index in [0.29, 0.717) is 49.1 Å². The van der Waals surface area contributed by atoms with Crippen LogP contribution in [0.5, 0.6) is 23.0 Å². The Morgan fingerprint density at radius 2 is 1.12 bits per heavy atom. The SMILES string of the molecule is CCCCCCC(Oc1ccc(Oc2ccc(OC(CCCCCC)C(=O)OCC)c(C)c2)cc1)C(=O)OCC. The highest BCUT2D eigenvalue weighted by atomic mass is 16.6. The zero-order valence-corrected chi connectivity index (χ0v) is 25.0. The average molecular weight is 557 g/mol. The van der Waals surface area contributed by atoms with Gasteiger partial charge in [-0.3, -0.25) is 0 Å². The van der Waals surface area contributed by atoms with Gasteiger partial charge in [-0.05, 0) is 94.5 Å². The Hall–Kier alpha value is -3.22. The molecule has 2 unspecified atom stereocenters. The molecule has 7 heteroatoms. The predicted molar refractivity (Wildman–Crippen MR) is 157 cm³/mol. The van der Waals surface area contributed by atoms with E-state index in [2.05, 4.69) is 13.8 Å². The zero-order valence-electron chi connectivity index (χ0n) is 25.0. The van der Waals surface area contributed by atoms with E-state index >= 15 is 0 Å². The molecule has 0 spiro atoms. The number of unbranched alkanes of at least 4 members (excludes halogenated alkanes) is 6. The number of hydrogen-bond donors (Lipinski definition) is 0. The van der Waals surface area contributed by atoms with Crippen LogP contribution >= 0.6 is 0 Å². The molecular formula is C33H48O7. The fourth-order valence-corrected chi connectivity index (χ4v) is 4.29. The minimum Gasteiger partial charge on any atom is -0.479 e. The fourth-order valence-electron chi connectivity index (χ4n) is 4.29. The Morgan fingerprint density at radius 3 is 1.62 bits per heavy atom. The third-order valence-electron chi connectivity index (χ3n) is 6.49. The summed E-state index contributed by atoms with van der Waals surface area (Å²) in [6.07, 6.45) is 8.50. The summed E-state index contributed by atoms with van der Waals surface area (Å²) in [4.78, 5) is 24.9. The van der Waals surface area contributed by atoms with Crippen molar-refractivity contribution in [1.29, 1.82) is 0 Å². The first-order valence-corrected chi connectivity index (χ1v) is 15.0. The lowest BCUT2D eigenvalue weighted by Crippen LogP contribution is -2.29. The van der Waals surface area contributed by atoms with E-state index in [1.807, 2.05) is 37.3 Å². The molecule has 0 aromatic heterocycles. The molecular weight excluding hydrogens is 508 g/mol. The molecule has 2 rings (SSSR count). The molecule has 0 saturated carbocycles. The molecule has 0 saturated heterocycles. The van der Waals surface area contributed by atoms with Crippen molar-refractivity contribution in [3.63, 3.8) is 0 Å². The Bertz CT molecular complexity index is 1000. The first-order chi connectivity index (χ1) is 19.4. The summed E-state index contributed by atoms with van der Waals surface area (Å²) in [5.74, 6) is 1.85. The van der Waals surface area contributed by atoms with Gasteiger partial charge in [-0.1, -0.05) is 52.4 Å². The second kappa shape index (κ2) is 19.0. The first-order valence-electron chi connectivity index (χ1n) is 15.0. The second-order valence-corrected chi connectivity index (χ2v) is 9.92. The Balaban J connectivity index is 2.01. The molecule has 0 radical (unpaired) electrons. The van der Waals surface area contributed by atoms with E-state index in [1.165, 1.54) is 0 Å². The predicted octanol–water partition coefficient (Wildman–Crippen LogP) is 8.35. The normalized spacial score (nSPS) is 12.3. The summed E-state index contributed by atoms with van der Waals surface area (Å²) in [7, 11) is 0. The van der Waals surface area contributed by atoms with Gasteiger partial charge in [0.15, 0.2) is 12.2 Å². The molecule has 0 amide bonds. The summed E-state index contributed by atoms with van der Waals surface area (Å²) < 4.78 is 28.6. The van der Waals surface area contributed by atoms with E-state index in [0.717, 1.165) is 56.9 Å². The minimum atomic E-state index is -0.625. The summed E-state index contributed by atoms with van der Waals surface area (Å²) in [5.41, 5.74) is 0.862. The monoisotopic (exact) mass is 556 g/mol. The maximum absolute atomic E-state index is 12.5. The summed E-state index contributed by atoms with van der Waals surface area (Å²) in [6.45, 7) is 10.5. The molecule has 2 atom stereocenters. The molecule has 2 aromatic carbocycles. The maximum atomic E-state index is 12.5. The van der Waals surface area contributed by atoms with Crippen molar-refractivity contribution >= 4 is 11.9 Å². The molecule has 0 aliphatic rings. The smallest absolute Gasteiger partial charge is 0.347 e. The van der Waals surface area contributed by atoms with Gasteiger partial charge in [0.25, 0.3) is 0 Å². The molecule has 2 aromatic rings. The fraction of sp³-hybridized carbons (Fsp3) is 0.576. The van der Waals surface area contributed by atoms with Crippen LogP contribution < -0.4 is 14.2 Å². The van der Waals surface area contributed by atoms with Crippen molar-refractivity contribution in [2.75, 3.05) is 13.2 Å². The molecule has 0 bridgehead atoms. The lowest BCUT2D eigenvalue weighted by atomic mass is 10.1. The number of hydrogen-bond acceptors (Lipinski definition) is 7. The van der Waals surface area contributed by atoms with Crippen LogP contribution in [0.15, 0.2) is 42.5 Å². The summed E-state index contributed by atoms with van der Waals surface area (Å²) >= 11 is 0. The second-order valence-electron chi connectivity index (χ2n) is 9.92. The third kappa shape index (κ3) is 11.9. The Kier molecular flexibility index (Phi) is 15.6. The molecule has 0 fully saturated rings. The number of carbonyl (C=O) groups excluding carboxylic acids is 2. The number of aryl methyl sites for hydroxylation is 1. The topological polar surface area (TPSA) is 80.3 Å². The minimum absolute atomic E-state index is 0.325. The molecule has 0 N–H and O–H groups in total. The van der Waals surface area contributed by atoms with Crippen LogP contribution in [-0.2, 0) is 19.1 Å². The summed E-state index contributed by atoms with van der Waals surface area (Å²) in [5, 5.41) is 0. The number of benzene rings is 2. The van der Waals surface area contributed by atoms with Gasteiger partial charge < -0.3 is 23.7 Å². The van der Waals surface area contributed by atoms with E-state index in [1.54, 1.807) is 26.0 Å². The van der Waals surface area contributed by atoms with Gasteiger partial charge in [-0.2, -0.15) is 0 Å². The highest BCUT2D eigenvalue weighted by molar-refractivity contribution is 5.75. The van der Waals surface area contributed by atoms with Crippen molar-refractivity contribution in [3.05, 3.63) is 48.0 Å². The van der Waals surface area contributed by atoms with Gasteiger partial charge in [0.1, 0.15) is 23.0 Å². The molecule has 0 aliphatic carbocycles. The number of ether oxygens (including phenoxy) is 5. The van der Waals surface area contributed by atoms with Gasteiger partial charge >= 0.3 is 11.9 Å². The van der Waals surface area contributed by atoms with Crippen LogP contribution in [0.25, 0.3) is 0 Å². The van der Waals surface area contributed by atoms with Crippen molar-refractivity contribution in [1.82, 2.24) is 0 Å². The van der Waals surface area contributed by atoms with Crippen LogP contribution in [0.1, 0.15) is 97.5 Å². The largest absolute Gasteiger partial charge is 0.479 e. The first kappa shape index (κ1) is 33.0. The standard InChI is InChI=1S/C33H48O7/c1-6-10-12-14-16-30(32(34)36-8-3)39-27-20-18-26(19-21-27)38-28-22-23-29(25(5)24-28)40-31(33(35)37-9-4)17-15-13-11-7-2/h18-24,30-31H,6-17H2,1-5H3. The third-order valence-corrected chi connectivity index (χ3v) is 6.49. The van der Waals surface area contributed by atoms with E-state index in [-0.39, 0.29) is 11.9 Å². The van der Waals surface area contributed by atoms with Gasteiger partial charge in [0, 0.05) is 0 Å². The molecule has 222 valence electrons. The van der Waals surface area contributed by atoms with Crippen LogP contribution in [0, 0.1) is 6.92 Å². The van der Waals surface area contributed by atoms with Crippen molar-refractivity contribution in [2.24, 2.45) is 0 Å². The zero-order chi connectivity index (χ0) is 29.2. The van der Waals surface area contributed by atoms with E-state index in [9.17, 15) is 9.59 Å². The van der Waals surface area contributed by atoms with Crippen molar-refractivity contribution in [2.45, 2.75) is 111 Å².